The maximum absolute atomic E-state index is 14.7. The van der Waals surface area contributed by atoms with E-state index in [9.17, 15) is 23.6 Å². The molecule has 0 radical (unpaired) electrons. The Labute approximate surface area is 258 Å². The molecule has 1 fully saturated rings. The van der Waals surface area contributed by atoms with Crippen molar-refractivity contribution in [2.24, 2.45) is 0 Å². The summed E-state index contributed by atoms with van der Waals surface area (Å²) in [6.07, 6.45) is 1.25. The number of thiophene rings is 1. The Balaban J connectivity index is 1.35. The lowest BCUT2D eigenvalue weighted by Crippen LogP contribution is -2.44. The topological polar surface area (TPSA) is 123 Å². The molecular formula is C32H34FN3O7S. The molecule has 0 aliphatic carbocycles. The van der Waals surface area contributed by atoms with Gasteiger partial charge in [0, 0.05) is 31.7 Å². The second-order valence-electron chi connectivity index (χ2n) is 10.8. The summed E-state index contributed by atoms with van der Waals surface area (Å²) in [6, 6.07) is 13.6. The minimum absolute atomic E-state index is 0.105. The summed E-state index contributed by atoms with van der Waals surface area (Å²) < 4.78 is 31.2. The fraction of sp³-hybridized carbons (Fsp3) is 0.375. The number of methoxy groups -OCH3 is 1. The Bertz CT molecular complexity index is 1500. The largest absolute Gasteiger partial charge is 0.491 e. The molecule has 3 atom stereocenters. The number of carbonyl (C=O) groups excluding carboxylic acids is 4. The molecule has 1 saturated heterocycles. The molecule has 3 heterocycles. The van der Waals surface area contributed by atoms with Crippen LogP contribution in [0.25, 0.3) is 11.1 Å². The van der Waals surface area contributed by atoms with Crippen molar-refractivity contribution in [1.29, 1.82) is 0 Å². The maximum Gasteiger partial charge on any atom is 0.330 e. The summed E-state index contributed by atoms with van der Waals surface area (Å²) in [5.41, 5.74) is 2.00. The van der Waals surface area contributed by atoms with Crippen molar-refractivity contribution in [3.05, 3.63) is 76.2 Å². The van der Waals surface area contributed by atoms with Crippen LogP contribution in [0.3, 0.4) is 0 Å². The molecule has 5 rings (SSSR count). The molecule has 2 aliphatic rings. The number of ether oxygens (including phenoxy) is 3. The van der Waals surface area contributed by atoms with E-state index in [2.05, 4.69) is 10.6 Å². The Morgan fingerprint density at radius 1 is 1.11 bits per heavy atom. The minimum Gasteiger partial charge on any atom is -0.491 e. The third kappa shape index (κ3) is 8.00. The molecule has 3 aromatic rings. The van der Waals surface area contributed by atoms with E-state index in [1.807, 2.05) is 30.3 Å². The van der Waals surface area contributed by atoms with Gasteiger partial charge in [-0.3, -0.25) is 14.4 Å². The van der Waals surface area contributed by atoms with Gasteiger partial charge in [-0.1, -0.05) is 30.3 Å². The number of nitrogens with zero attached hydrogens (tertiary/aromatic N) is 1. The first-order valence-corrected chi connectivity index (χ1v) is 15.3. The van der Waals surface area contributed by atoms with Crippen LogP contribution in [0, 0.1) is 5.82 Å². The smallest absolute Gasteiger partial charge is 0.330 e. The Morgan fingerprint density at radius 3 is 2.73 bits per heavy atom. The zero-order chi connectivity index (χ0) is 31.1. The van der Waals surface area contributed by atoms with E-state index >= 15 is 0 Å². The third-order valence-corrected chi connectivity index (χ3v) is 8.46. The van der Waals surface area contributed by atoms with Crippen LogP contribution in [0.5, 0.6) is 5.75 Å². The van der Waals surface area contributed by atoms with Gasteiger partial charge < -0.3 is 29.7 Å². The van der Waals surface area contributed by atoms with Crippen LogP contribution in [-0.4, -0.2) is 80.2 Å². The van der Waals surface area contributed by atoms with Crippen molar-refractivity contribution in [2.75, 3.05) is 33.5 Å². The van der Waals surface area contributed by atoms with Gasteiger partial charge in [0.2, 0.25) is 11.8 Å². The SMILES string of the molecule is COC(=O)[C@@H]1COCCCC(=O)N2C[C@@H](NC(=O)Cc3ccccc3)C[C@H]2COc2cc(F)cc(c2)-c2csc(c2)C(=O)N1. The molecule has 44 heavy (non-hydrogen) atoms. The lowest BCUT2D eigenvalue weighted by molar-refractivity contribution is -0.144. The number of rotatable bonds is 4. The molecule has 2 aliphatic heterocycles. The third-order valence-electron chi connectivity index (χ3n) is 7.53. The summed E-state index contributed by atoms with van der Waals surface area (Å²) >= 11 is 1.16. The first-order valence-electron chi connectivity index (χ1n) is 14.4. The number of halogens is 1. The van der Waals surface area contributed by atoms with Crippen LogP contribution in [0.2, 0.25) is 0 Å². The number of hydrogen-bond acceptors (Lipinski definition) is 8. The van der Waals surface area contributed by atoms with E-state index in [0.29, 0.717) is 35.4 Å². The van der Waals surface area contributed by atoms with E-state index in [4.69, 9.17) is 14.2 Å². The molecule has 1 aromatic heterocycles. The average Bonchev–Trinajstić information content (AvgIpc) is 3.66. The average molecular weight is 624 g/mol. The number of nitrogens with one attached hydrogen (secondary N) is 2. The van der Waals surface area contributed by atoms with Gasteiger partial charge >= 0.3 is 5.97 Å². The monoisotopic (exact) mass is 623 g/mol. The molecule has 2 N–H and O–H groups in total. The number of hydrogen-bond donors (Lipinski definition) is 2. The summed E-state index contributed by atoms with van der Waals surface area (Å²) in [5.74, 6) is -1.67. The van der Waals surface area contributed by atoms with Crippen LogP contribution in [-0.2, 0) is 30.3 Å². The molecule has 4 bridgehead atoms. The van der Waals surface area contributed by atoms with E-state index < -0.39 is 23.7 Å². The molecular weight excluding hydrogens is 589 g/mol. The van der Waals surface area contributed by atoms with Gasteiger partial charge in [0.05, 0.1) is 31.1 Å². The lowest BCUT2D eigenvalue weighted by atomic mass is 10.1. The molecule has 3 amide bonds. The predicted molar refractivity (Wildman–Crippen MR) is 161 cm³/mol. The Morgan fingerprint density at radius 2 is 1.93 bits per heavy atom. The van der Waals surface area contributed by atoms with Crippen LogP contribution in [0.4, 0.5) is 4.39 Å². The van der Waals surface area contributed by atoms with E-state index in [-0.39, 0.29) is 62.3 Å². The summed E-state index contributed by atoms with van der Waals surface area (Å²) in [5, 5.41) is 7.40. The molecule has 232 valence electrons. The zero-order valence-electron chi connectivity index (χ0n) is 24.3. The summed E-state index contributed by atoms with van der Waals surface area (Å²) in [4.78, 5) is 53.3. The van der Waals surface area contributed by atoms with Crippen LogP contribution in [0.15, 0.2) is 60.0 Å². The number of amides is 3. The molecule has 2 aromatic carbocycles. The van der Waals surface area contributed by atoms with E-state index in [1.165, 1.54) is 19.2 Å². The van der Waals surface area contributed by atoms with Gasteiger partial charge in [-0.15, -0.1) is 11.3 Å². The predicted octanol–water partition coefficient (Wildman–Crippen LogP) is 3.34. The maximum atomic E-state index is 14.7. The quantitative estimate of drug-likeness (QED) is 0.428. The first-order chi connectivity index (χ1) is 21.3. The fourth-order valence-electron chi connectivity index (χ4n) is 5.37. The van der Waals surface area contributed by atoms with Gasteiger partial charge in [-0.05, 0) is 53.1 Å². The van der Waals surface area contributed by atoms with Gasteiger partial charge in [0.15, 0.2) is 6.04 Å². The normalized spacial score (nSPS) is 21.1. The van der Waals surface area contributed by atoms with Crippen molar-refractivity contribution in [3.8, 4) is 16.9 Å². The second kappa shape index (κ2) is 14.5. The standard InChI is InChI=1S/C32H34FN3O7S/c1-41-32(40)27-18-42-9-5-8-30(38)36-16-24(34-29(37)10-20-6-3-2-4-7-20)15-25(36)17-43-26-12-21(11-23(33)14-26)22-13-28(44-19-22)31(39)35-27/h2-4,6-7,11-14,19,24-25,27H,5,8-10,15-18H2,1H3,(H,34,37)(H,35,39)/t24-,25-,27-/m0/s1. The van der Waals surface area contributed by atoms with Gasteiger partial charge in [-0.2, -0.15) is 0 Å². The number of carbonyl (C=O) groups is 4. The Hall–Kier alpha value is -4.29. The molecule has 0 saturated carbocycles. The van der Waals surface area contributed by atoms with Gasteiger partial charge in [0.25, 0.3) is 5.91 Å². The summed E-state index contributed by atoms with van der Waals surface area (Å²) in [6.45, 7) is 0.467. The lowest BCUT2D eigenvalue weighted by Gasteiger charge is -2.25. The number of benzene rings is 2. The fourth-order valence-corrected chi connectivity index (χ4v) is 6.19. The van der Waals surface area contributed by atoms with Crippen LogP contribution in [0.1, 0.15) is 34.5 Å². The van der Waals surface area contributed by atoms with Crippen LogP contribution >= 0.6 is 11.3 Å². The Kier molecular flexibility index (Phi) is 10.2. The van der Waals surface area contributed by atoms with Crippen molar-refractivity contribution in [2.45, 2.75) is 43.8 Å². The highest BCUT2D eigenvalue weighted by molar-refractivity contribution is 7.12. The molecule has 12 heteroatoms. The van der Waals surface area contributed by atoms with Gasteiger partial charge in [-0.25, -0.2) is 9.18 Å². The van der Waals surface area contributed by atoms with E-state index in [1.54, 1.807) is 22.4 Å². The highest BCUT2D eigenvalue weighted by atomic mass is 32.1. The number of fused-ring (bicyclic) bond motifs is 6. The number of esters is 1. The van der Waals surface area contributed by atoms with Crippen LogP contribution < -0.4 is 15.4 Å². The van der Waals surface area contributed by atoms with Crippen molar-refractivity contribution >= 4 is 35.0 Å². The van der Waals surface area contributed by atoms with E-state index in [0.717, 1.165) is 16.9 Å². The zero-order valence-corrected chi connectivity index (χ0v) is 25.1. The minimum atomic E-state index is -1.05. The highest BCUT2D eigenvalue weighted by Crippen LogP contribution is 2.30. The second-order valence-corrected chi connectivity index (χ2v) is 11.7. The van der Waals surface area contributed by atoms with Gasteiger partial charge in [0.1, 0.15) is 18.2 Å². The summed E-state index contributed by atoms with van der Waals surface area (Å²) in [7, 11) is 1.22. The first kappa shape index (κ1) is 31.1. The molecule has 0 spiro atoms. The molecule has 10 nitrogen and oxygen atoms in total. The molecule has 0 unspecified atom stereocenters. The highest BCUT2D eigenvalue weighted by Gasteiger charge is 2.36. The van der Waals surface area contributed by atoms with Crippen molar-refractivity contribution < 1.29 is 37.8 Å². The van der Waals surface area contributed by atoms with Crippen molar-refractivity contribution in [3.63, 3.8) is 0 Å². The van der Waals surface area contributed by atoms with Crippen molar-refractivity contribution in [1.82, 2.24) is 15.5 Å².